The molecule has 140 valence electrons. The van der Waals surface area contributed by atoms with Crippen LogP contribution in [0.3, 0.4) is 0 Å². The number of benzene rings is 2. The Morgan fingerprint density at radius 2 is 1.74 bits per heavy atom. The molecule has 0 amide bonds. The van der Waals surface area contributed by atoms with Gasteiger partial charge in [-0.3, -0.25) is 0 Å². The van der Waals surface area contributed by atoms with Gasteiger partial charge in [0.25, 0.3) is 0 Å². The van der Waals surface area contributed by atoms with Crippen molar-refractivity contribution in [3.8, 4) is 11.5 Å². The average molecular weight is 383 g/mol. The number of esters is 1. The van der Waals surface area contributed by atoms with Crippen LogP contribution in [0.15, 0.2) is 53.9 Å². The van der Waals surface area contributed by atoms with Gasteiger partial charge in [-0.05, 0) is 48.9 Å². The molecule has 0 saturated carbocycles. The molecule has 2 aromatic carbocycles. The van der Waals surface area contributed by atoms with E-state index in [0.717, 1.165) is 22.0 Å². The van der Waals surface area contributed by atoms with E-state index in [1.807, 2.05) is 36.6 Å². The molecule has 3 rings (SSSR count). The second kappa shape index (κ2) is 9.19. The van der Waals surface area contributed by atoms with E-state index in [4.69, 9.17) is 14.2 Å². The fourth-order valence-electron chi connectivity index (χ4n) is 2.46. The predicted octanol–water partition coefficient (Wildman–Crippen LogP) is 4.44. The lowest BCUT2D eigenvalue weighted by molar-refractivity contribution is 0.0509. The van der Waals surface area contributed by atoms with Gasteiger partial charge >= 0.3 is 5.97 Å². The highest BCUT2D eigenvalue weighted by atomic mass is 32.1. The minimum absolute atomic E-state index is 0.326. The fourth-order valence-corrected chi connectivity index (χ4v) is 3.05. The SMILES string of the molecule is COc1ccc(CCOC(=O)c2ccc(OCc3csc(C)n3)cc2)cc1. The topological polar surface area (TPSA) is 57.7 Å². The van der Waals surface area contributed by atoms with Gasteiger partial charge in [0.15, 0.2) is 0 Å². The molecule has 0 aliphatic carbocycles. The molecule has 3 aromatic rings. The smallest absolute Gasteiger partial charge is 0.338 e. The molecule has 1 heterocycles. The van der Waals surface area contributed by atoms with E-state index in [-0.39, 0.29) is 5.97 Å². The lowest BCUT2D eigenvalue weighted by atomic mass is 10.1. The van der Waals surface area contributed by atoms with Crippen molar-refractivity contribution in [3.05, 3.63) is 75.7 Å². The molecule has 6 heteroatoms. The van der Waals surface area contributed by atoms with E-state index in [1.165, 1.54) is 0 Å². The summed E-state index contributed by atoms with van der Waals surface area (Å²) < 4.78 is 16.1. The largest absolute Gasteiger partial charge is 0.497 e. The number of ether oxygens (including phenoxy) is 3. The van der Waals surface area contributed by atoms with Crippen molar-refractivity contribution in [1.29, 1.82) is 0 Å². The summed E-state index contributed by atoms with van der Waals surface area (Å²) in [7, 11) is 1.63. The maximum absolute atomic E-state index is 12.1. The normalized spacial score (nSPS) is 10.4. The van der Waals surface area contributed by atoms with Crippen LogP contribution >= 0.6 is 11.3 Å². The van der Waals surface area contributed by atoms with Gasteiger partial charge in [-0.2, -0.15) is 0 Å². The van der Waals surface area contributed by atoms with E-state index >= 15 is 0 Å². The second-order valence-corrected chi connectivity index (χ2v) is 6.97. The van der Waals surface area contributed by atoms with Crippen molar-refractivity contribution in [2.75, 3.05) is 13.7 Å². The van der Waals surface area contributed by atoms with Crippen LogP contribution in [0.5, 0.6) is 11.5 Å². The Morgan fingerprint density at radius 3 is 2.37 bits per heavy atom. The number of hydrogen-bond donors (Lipinski definition) is 0. The minimum Gasteiger partial charge on any atom is -0.497 e. The summed E-state index contributed by atoms with van der Waals surface area (Å²) in [6.07, 6.45) is 0.657. The van der Waals surface area contributed by atoms with Gasteiger partial charge in [-0.1, -0.05) is 12.1 Å². The number of thiazole rings is 1. The number of methoxy groups -OCH3 is 1. The van der Waals surface area contributed by atoms with Gasteiger partial charge in [-0.15, -0.1) is 11.3 Å². The first-order chi connectivity index (χ1) is 13.1. The average Bonchev–Trinajstić information content (AvgIpc) is 3.12. The third-order valence-corrected chi connectivity index (χ3v) is 4.75. The van der Waals surface area contributed by atoms with Crippen LogP contribution in [0.25, 0.3) is 0 Å². The van der Waals surface area contributed by atoms with Crippen molar-refractivity contribution in [3.63, 3.8) is 0 Å². The Hall–Kier alpha value is -2.86. The zero-order valence-electron chi connectivity index (χ0n) is 15.3. The molecule has 27 heavy (non-hydrogen) atoms. The number of carbonyl (C=O) groups excluding carboxylic acids is 1. The first-order valence-corrected chi connectivity index (χ1v) is 9.46. The minimum atomic E-state index is -0.342. The van der Waals surface area contributed by atoms with Gasteiger partial charge < -0.3 is 14.2 Å². The van der Waals surface area contributed by atoms with Crippen LogP contribution < -0.4 is 9.47 Å². The summed E-state index contributed by atoms with van der Waals surface area (Å²) in [5.74, 6) is 1.16. The van der Waals surface area contributed by atoms with Crippen LogP contribution in [0.1, 0.15) is 26.6 Å². The Kier molecular flexibility index (Phi) is 6.44. The number of aryl methyl sites for hydroxylation is 1. The maximum atomic E-state index is 12.1. The van der Waals surface area contributed by atoms with Gasteiger partial charge in [0, 0.05) is 11.8 Å². The molecular weight excluding hydrogens is 362 g/mol. The molecule has 1 aromatic heterocycles. The first kappa shape index (κ1) is 18.9. The van der Waals surface area contributed by atoms with Crippen molar-refractivity contribution < 1.29 is 19.0 Å². The Labute approximate surface area is 162 Å². The molecule has 0 radical (unpaired) electrons. The summed E-state index contributed by atoms with van der Waals surface area (Å²) in [6.45, 7) is 2.70. The van der Waals surface area contributed by atoms with Crippen LogP contribution in [-0.4, -0.2) is 24.7 Å². The Balaban J connectivity index is 1.45. The van der Waals surface area contributed by atoms with Crippen molar-refractivity contribution >= 4 is 17.3 Å². The summed E-state index contributed by atoms with van der Waals surface area (Å²) in [5.41, 5.74) is 2.49. The lowest BCUT2D eigenvalue weighted by Gasteiger charge is -2.07. The molecule has 0 atom stereocenters. The Bertz CT molecular complexity index is 872. The molecule has 0 saturated heterocycles. The number of hydrogen-bond acceptors (Lipinski definition) is 6. The van der Waals surface area contributed by atoms with Crippen molar-refractivity contribution in [2.45, 2.75) is 20.0 Å². The Morgan fingerprint density at radius 1 is 1.04 bits per heavy atom. The van der Waals surface area contributed by atoms with Crippen LogP contribution in [0, 0.1) is 6.92 Å². The number of aromatic nitrogens is 1. The highest BCUT2D eigenvalue weighted by Crippen LogP contribution is 2.16. The van der Waals surface area contributed by atoms with E-state index < -0.39 is 0 Å². The van der Waals surface area contributed by atoms with Gasteiger partial charge in [-0.25, -0.2) is 9.78 Å². The van der Waals surface area contributed by atoms with E-state index in [0.29, 0.717) is 30.9 Å². The van der Waals surface area contributed by atoms with Crippen LogP contribution in [-0.2, 0) is 17.8 Å². The summed E-state index contributed by atoms with van der Waals surface area (Å²) >= 11 is 1.60. The molecular formula is C21H21NO4S. The predicted molar refractivity (Wildman–Crippen MR) is 105 cm³/mol. The third-order valence-electron chi connectivity index (χ3n) is 3.93. The second-order valence-electron chi connectivity index (χ2n) is 5.90. The molecule has 0 aliphatic rings. The van der Waals surface area contributed by atoms with E-state index in [1.54, 1.807) is 42.7 Å². The standard InChI is InChI=1S/C21H21NO4S/c1-15-22-18(14-27-15)13-26-20-9-5-17(6-10-20)21(23)25-12-11-16-3-7-19(24-2)8-4-16/h3-10,14H,11-13H2,1-2H3. The summed E-state index contributed by atoms with van der Waals surface area (Å²) in [6, 6.07) is 14.6. The van der Waals surface area contributed by atoms with Crippen LogP contribution in [0.4, 0.5) is 0 Å². The van der Waals surface area contributed by atoms with Gasteiger partial charge in [0.05, 0.1) is 30.0 Å². The molecule has 0 aliphatic heterocycles. The van der Waals surface area contributed by atoms with Crippen molar-refractivity contribution in [2.24, 2.45) is 0 Å². The quantitative estimate of drug-likeness (QED) is 0.538. The monoisotopic (exact) mass is 383 g/mol. The number of rotatable bonds is 8. The molecule has 0 spiro atoms. The zero-order valence-corrected chi connectivity index (χ0v) is 16.1. The molecule has 0 fully saturated rings. The fraction of sp³-hybridized carbons (Fsp3) is 0.238. The number of nitrogens with zero attached hydrogens (tertiary/aromatic N) is 1. The maximum Gasteiger partial charge on any atom is 0.338 e. The number of carbonyl (C=O) groups is 1. The highest BCUT2D eigenvalue weighted by Gasteiger charge is 2.08. The molecule has 5 nitrogen and oxygen atoms in total. The first-order valence-electron chi connectivity index (χ1n) is 8.58. The summed E-state index contributed by atoms with van der Waals surface area (Å²) in [4.78, 5) is 16.5. The lowest BCUT2D eigenvalue weighted by Crippen LogP contribution is -2.08. The molecule has 0 N–H and O–H groups in total. The molecule has 0 unspecified atom stereocenters. The van der Waals surface area contributed by atoms with Crippen LogP contribution in [0.2, 0.25) is 0 Å². The van der Waals surface area contributed by atoms with E-state index in [9.17, 15) is 4.79 Å². The molecule has 0 bridgehead atoms. The van der Waals surface area contributed by atoms with Crippen molar-refractivity contribution in [1.82, 2.24) is 4.98 Å². The van der Waals surface area contributed by atoms with Gasteiger partial charge in [0.1, 0.15) is 18.1 Å². The van der Waals surface area contributed by atoms with Gasteiger partial charge in [0.2, 0.25) is 0 Å². The zero-order chi connectivity index (χ0) is 19.1. The van der Waals surface area contributed by atoms with E-state index in [2.05, 4.69) is 4.98 Å². The summed E-state index contributed by atoms with van der Waals surface area (Å²) in [5, 5.41) is 2.99. The highest BCUT2D eigenvalue weighted by molar-refractivity contribution is 7.09. The third kappa shape index (κ3) is 5.56.